The molecule has 21 heavy (non-hydrogen) atoms. The predicted molar refractivity (Wildman–Crippen MR) is 76.7 cm³/mol. The zero-order valence-electron chi connectivity index (χ0n) is 11.4. The van der Waals surface area contributed by atoms with Gasteiger partial charge >= 0.3 is 0 Å². The van der Waals surface area contributed by atoms with E-state index >= 15 is 0 Å². The first-order chi connectivity index (χ1) is 10.3. The SMILES string of the molecule is COc1ccncc1C1Nc2ccc(C#N)cc2C1C#N. The molecule has 1 aliphatic heterocycles. The van der Waals surface area contributed by atoms with Crippen LogP contribution in [0.1, 0.15) is 28.7 Å². The minimum absolute atomic E-state index is 0.234. The Bertz CT molecular complexity index is 773. The Labute approximate surface area is 122 Å². The van der Waals surface area contributed by atoms with Crippen LogP contribution in [0.4, 0.5) is 5.69 Å². The zero-order valence-corrected chi connectivity index (χ0v) is 11.4. The summed E-state index contributed by atoms with van der Waals surface area (Å²) in [6, 6.07) is 11.3. The van der Waals surface area contributed by atoms with E-state index in [0.29, 0.717) is 11.3 Å². The van der Waals surface area contributed by atoms with Crippen LogP contribution in [0.2, 0.25) is 0 Å². The van der Waals surface area contributed by atoms with Gasteiger partial charge in [0.2, 0.25) is 0 Å². The van der Waals surface area contributed by atoms with Gasteiger partial charge in [0.05, 0.1) is 36.8 Å². The van der Waals surface area contributed by atoms with Gasteiger partial charge in [-0.25, -0.2) is 0 Å². The van der Waals surface area contributed by atoms with E-state index in [9.17, 15) is 5.26 Å². The van der Waals surface area contributed by atoms with E-state index in [2.05, 4.69) is 22.4 Å². The molecular weight excluding hydrogens is 264 g/mol. The highest BCUT2D eigenvalue weighted by Crippen LogP contribution is 2.45. The zero-order chi connectivity index (χ0) is 14.8. The van der Waals surface area contributed by atoms with Gasteiger partial charge in [0.1, 0.15) is 5.75 Å². The van der Waals surface area contributed by atoms with Gasteiger partial charge in [0, 0.05) is 23.6 Å². The van der Waals surface area contributed by atoms with E-state index in [1.54, 1.807) is 37.7 Å². The molecular formula is C16H12N4O. The second kappa shape index (κ2) is 5.15. The summed E-state index contributed by atoms with van der Waals surface area (Å²) in [6.45, 7) is 0. The minimum atomic E-state index is -0.383. The van der Waals surface area contributed by atoms with Crippen LogP contribution >= 0.6 is 0 Å². The molecule has 1 N–H and O–H groups in total. The molecule has 1 aromatic carbocycles. The quantitative estimate of drug-likeness (QED) is 0.912. The number of nitrogens with zero attached hydrogens (tertiary/aromatic N) is 3. The third-order valence-corrected chi connectivity index (χ3v) is 3.66. The van der Waals surface area contributed by atoms with Crippen molar-refractivity contribution in [3.05, 3.63) is 53.3 Å². The lowest BCUT2D eigenvalue weighted by Gasteiger charge is -2.17. The van der Waals surface area contributed by atoms with Crippen molar-refractivity contribution in [2.24, 2.45) is 0 Å². The number of nitriles is 2. The number of ether oxygens (including phenoxy) is 1. The summed E-state index contributed by atoms with van der Waals surface area (Å²) in [5.74, 6) is 0.308. The maximum Gasteiger partial charge on any atom is 0.127 e. The molecule has 2 atom stereocenters. The number of anilines is 1. The fourth-order valence-corrected chi connectivity index (χ4v) is 2.67. The molecule has 0 radical (unpaired) electrons. The molecule has 0 fully saturated rings. The number of methoxy groups -OCH3 is 1. The van der Waals surface area contributed by atoms with Gasteiger partial charge in [-0.1, -0.05) is 0 Å². The van der Waals surface area contributed by atoms with Crippen molar-refractivity contribution in [1.82, 2.24) is 4.98 Å². The fourth-order valence-electron chi connectivity index (χ4n) is 2.67. The van der Waals surface area contributed by atoms with Gasteiger partial charge < -0.3 is 10.1 Å². The number of aromatic nitrogens is 1. The molecule has 102 valence electrons. The van der Waals surface area contributed by atoms with Crippen LogP contribution in [0.25, 0.3) is 0 Å². The standard InChI is InChI=1S/C16H12N4O/c1-21-15-4-5-19-9-13(15)16-12(8-18)11-6-10(7-17)2-3-14(11)20-16/h2-6,9,12,16,20H,1H3. The van der Waals surface area contributed by atoms with Crippen molar-refractivity contribution in [2.75, 3.05) is 12.4 Å². The third kappa shape index (κ3) is 2.05. The number of nitrogens with one attached hydrogen (secondary N) is 1. The lowest BCUT2D eigenvalue weighted by Crippen LogP contribution is -2.12. The smallest absolute Gasteiger partial charge is 0.127 e. The number of fused-ring (bicyclic) bond motifs is 1. The molecule has 2 aromatic rings. The van der Waals surface area contributed by atoms with Crippen LogP contribution in [-0.2, 0) is 0 Å². The molecule has 0 spiro atoms. The summed E-state index contributed by atoms with van der Waals surface area (Å²) in [7, 11) is 1.59. The van der Waals surface area contributed by atoms with Gasteiger partial charge in [-0.05, 0) is 29.8 Å². The highest BCUT2D eigenvalue weighted by atomic mass is 16.5. The summed E-state index contributed by atoms with van der Waals surface area (Å²) in [6.07, 6.45) is 3.36. The lowest BCUT2D eigenvalue weighted by molar-refractivity contribution is 0.405. The van der Waals surface area contributed by atoms with Gasteiger partial charge in [-0.15, -0.1) is 0 Å². The van der Waals surface area contributed by atoms with Crippen molar-refractivity contribution in [3.8, 4) is 17.9 Å². The molecule has 0 bridgehead atoms. The van der Waals surface area contributed by atoms with E-state index in [-0.39, 0.29) is 12.0 Å². The van der Waals surface area contributed by atoms with Crippen LogP contribution in [-0.4, -0.2) is 12.1 Å². The molecule has 0 amide bonds. The Kier molecular flexibility index (Phi) is 3.17. The molecule has 1 aromatic heterocycles. The number of rotatable bonds is 2. The van der Waals surface area contributed by atoms with Gasteiger partial charge in [0.25, 0.3) is 0 Å². The number of hydrogen-bond acceptors (Lipinski definition) is 5. The molecule has 2 heterocycles. The molecule has 0 saturated heterocycles. The van der Waals surface area contributed by atoms with Crippen LogP contribution in [0.15, 0.2) is 36.7 Å². The number of benzene rings is 1. The average Bonchev–Trinajstić information content (AvgIpc) is 2.91. The molecule has 0 aliphatic carbocycles. The Hall–Kier alpha value is -3.05. The van der Waals surface area contributed by atoms with Crippen LogP contribution < -0.4 is 10.1 Å². The maximum absolute atomic E-state index is 9.54. The van der Waals surface area contributed by atoms with E-state index in [4.69, 9.17) is 10.00 Å². The molecule has 5 nitrogen and oxygen atoms in total. The van der Waals surface area contributed by atoms with E-state index in [0.717, 1.165) is 16.8 Å². The lowest BCUT2D eigenvalue weighted by atomic mass is 9.91. The summed E-state index contributed by atoms with van der Waals surface area (Å²) in [5.41, 5.74) is 3.10. The molecule has 2 unspecified atom stereocenters. The van der Waals surface area contributed by atoms with Gasteiger partial charge in [0.15, 0.2) is 0 Å². The third-order valence-electron chi connectivity index (χ3n) is 3.66. The van der Waals surface area contributed by atoms with Crippen LogP contribution in [0, 0.1) is 22.7 Å². The highest BCUT2D eigenvalue weighted by Gasteiger charge is 2.35. The normalized spacial score (nSPS) is 19.0. The van der Waals surface area contributed by atoms with Crippen LogP contribution in [0.5, 0.6) is 5.75 Å². The Balaban J connectivity index is 2.08. The summed E-state index contributed by atoms with van der Waals surface area (Å²) in [4.78, 5) is 4.12. The second-order valence-corrected chi connectivity index (χ2v) is 4.76. The molecule has 5 heteroatoms. The van der Waals surface area contributed by atoms with Crippen molar-refractivity contribution in [1.29, 1.82) is 10.5 Å². The van der Waals surface area contributed by atoms with Crippen LogP contribution in [0.3, 0.4) is 0 Å². The van der Waals surface area contributed by atoms with Crippen molar-refractivity contribution >= 4 is 5.69 Å². The predicted octanol–water partition coefficient (Wildman–Crippen LogP) is 2.74. The first-order valence-corrected chi connectivity index (χ1v) is 6.46. The molecule has 3 rings (SSSR count). The first kappa shape index (κ1) is 13.0. The summed E-state index contributed by atoms with van der Waals surface area (Å²) in [5, 5.41) is 21.9. The Morgan fingerprint density at radius 3 is 2.81 bits per heavy atom. The van der Waals surface area contributed by atoms with E-state index < -0.39 is 0 Å². The Morgan fingerprint density at radius 1 is 1.24 bits per heavy atom. The van der Waals surface area contributed by atoms with E-state index in [1.165, 1.54) is 0 Å². The van der Waals surface area contributed by atoms with Crippen molar-refractivity contribution < 1.29 is 4.74 Å². The van der Waals surface area contributed by atoms with Crippen molar-refractivity contribution in [2.45, 2.75) is 12.0 Å². The number of pyridine rings is 1. The maximum atomic E-state index is 9.54. The average molecular weight is 276 g/mol. The van der Waals surface area contributed by atoms with Gasteiger partial charge in [-0.2, -0.15) is 10.5 Å². The highest BCUT2D eigenvalue weighted by molar-refractivity contribution is 5.65. The van der Waals surface area contributed by atoms with E-state index in [1.807, 2.05) is 6.07 Å². The molecule has 0 saturated carbocycles. The largest absolute Gasteiger partial charge is 0.496 e. The number of hydrogen-bond donors (Lipinski definition) is 1. The first-order valence-electron chi connectivity index (χ1n) is 6.46. The minimum Gasteiger partial charge on any atom is -0.496 e. The second-order valence-electron chi connectivity index (χ2n) is 4.76. The summed E-state index contributed by atoms with van der Waals surface area (Å²) < 4.78 is 5.35. The fraction of sp³-hybridized carbons (Fsp3) is 0.188. The Morgan fingerprint density at radius 2 is 2.10 bits per heavy atom. The molecule has 1 aliphatic rings. The summed E-state index contributed by atoms with van der Waals surface area (Å²) >= 11 is 0. The monoisotopic (exact) mass is 276 g/mol. The van der Waals surface area contributed by atoms with Crippen molar-refractivity contribution in [3.63, 3.8) is 0 Å². The van der Waals surface area contributed by atoms with Gasteiger partial charge in [-0.3, -0.25) is 4.98 Å². The topological polar surface area (TPSA) is 81.7 Å².